The molecule has 5 rings (SSSR count). The van der Waals surface area contributed by atoms with E-state index in [9.17, 15) is 31.2 Å². The van der Waals surface area contributed by atoms with Crippen LogP contribution < -0.4 is 9.62 Å². The molecule has 1 N–H and O–H groups in total. The molecule has 0 saturated heterocycles. The maximum atomic E-state index is 14.7. The molecule has 1 atom stereocenters. The van der Waals surface area contributed by atoms with Crippen molar-refractivity contribution in [3.05, 3.63) is 128 Å². The molecule has 1 aliphatic rings. The van der Waals surface area contributed by atoms with Crippen LogP contribution in [0.5, 0.6) is 0 Å². The van der Waals surface area contributed by atoms with Gasteiger partial charge in [0.1, 0.15) is 12.6 Å². The van der Waals surface area contributed by atoms with Crippen LogP contribution in [0.3, 0.4) is 0 Å². The molecule has 0 heterocycles. The molecule has 0 aromatic heterocycles. The summed E-state index contributed by atoms with van der Waals surface area (Å²) in [6.07, 6.45) is -1.44. The van der Waals surface area contributed by atoms with Crippen LogP contribution in [-0.2, 0) is 38.8 Å². The number of carbonyl (C=O) groups excluding carboxylic acids is 2. The third-order valence-corrected chi connectivity index (χ3v) is 11.6. The maximum Gasteiger partial charge on any atom is 0.417 e. The van der Waals surface area contributed by atoms with Crippen molar-refractivity contribution in [3.8, 4) is 0 Å². The van der Waals surface area contributed by atoms with E-state index in [0.717, 1.165) is 48.9 Å². The van der Waals surface area contributed by atoms with Crippen molar-refractivity contribution in [2.45, 2.75) is 68.7 Å². The number of alkyl halides is 3. The van der Waals surface area contributed by atoms with Gasteiger partial charge in [0.2, 0.25) is 11.8 Å². The molecule has 0 aliphatic heterocycles. The van der Waals surface area contributed by atoms with Crippen LogP contribution in [0.25, 0.3) is 0 Å². The summed E-state index contributed by atoms with van der Waals surface area (Å²) in [6, 6.07) is 20.8. The second kappa shape index (κ2) is 16.3. The van der Waals surface area contributed by atoms with E-state index in [1.165, 1.54) is 41.3 Å². The number of aryl methyl sites for hydroxylation is 1. The zero-order valence-corrected chi connectivity index (χ0v) is 30.6. The topological polar surface area (TPSA) is 86.8 Å². The zero-order valence-electron chi connectivity index (χ0n) is 27.5. The molecule has 4 aromatic rings. The van der Waals surface area contributed by atoms with Crippen LogP contribution in [0.15, 0.2) is 95.9 Å². The SMILES string of the molecule is Cc1ccc(S(=O)(=O)N(CC(=O)N(Cc2ccc(Cl)c(Cl)c2)[C@H](Cc2ccccc2)C(=O)NC2CCCC2)c2ccc(Cl)c(C(F)(F)F)c2)cc1. The summed E-state index contributed by atoms with van der Waals surface area (Å²) in [7, 11) is -4.65. The summed E-state index contributed by atoms with van der Waals surface area (Å²) in [4.78, 5) is 29.8. The number of halogens is 6. The van der Waals surface area contributed by atoms with Crippen molar-refractivity contribution in [2.75, 3.05) is 10.8 Å². The molecule has 0 radical (unpaired) electrons. The van der Waals surface area contributed by atoms with Crippen molar-refractivity contribution in [1.29, 1.82) is 0 Å². The predicted octanol–water partition coefficient (Wildman–Crippen LogP) is 8.87. The number of anilines is 1. The van der Waals surface area contributed by atoms with E-state index >= 15 is 0 Å². The van der Waals surface area contributed by atoms with Crippen molar-refractivity contribution in [1.82, 2.24) is 10.2 Å². The fourth-order valence-electron chi connectivity index (χ4n) is 6.01. The average molecular weight is 781 g/mol. The van der Waals surface area contributed by atoms with E-state index in [-0.39, 0.29) is 33.9 Å². The van der Waals surface area contributed by atoms with Crippen LogP contribution >= 0.6 is 34.8 Å². The highest BCUT2D eigenvalue weighted by Crippen LogP contribution is 2.38. The van der Waals surface area contributed by atoms with Gasteiger partial charge < -0.3 is 10.2 Å². The van der Waals surface area contributed by atoms with E-state index < -0.39 is 56.9 Å². The molecule has 1 aliphatic carbocycles. The largest absolute Gasteiger partial charge is 0.417 e. The van der Waals surface area contributed by atoms with Gasteiger partial charge >= 0.3 is 6.18 Å². The van der Waals surface area contributed by atoms with Gasteiger partial charge in [0.05, 0.1) is 31.2 Å². The first-order valence-corrected chi connectivity index (χ1v) is 18.7. The lowest BCUT2D eigenvalue weighted by molar-refractivity contribution is -0.140. The van der Waals surface area contributed by atoms with E-state index in [2.05, 4.69) is 5.32 Å². The minimum absolute atomic E-state index is 0.0658. The molecule has 7 nitrogen and oxygen atoms in total. The minimum atomic E-state index is -4.92. The van der Waals surface area contributed by atoms with Gasteiger partial charge in [-0.2, -0.15) is 13.2 Å². The summed E-state index contributed by atoms with van der Waals surface area (Å²) in [6.45, 7) is 0.605. The van der Waals surface area contributed by atoms with Crippen molar-refractivity contribution in [2.24, 2.45) is 0 Å². The van der Waals surface area contributed by atoms with Gasteiger partial charge in [-0.25, -0.2) is 8.42 Å². The lowest BCUT2D eigenvalue weighted by Gasteiger charge is -2.34. The number of amides is 2. The van der Waals surface area contributed by atoms with Crippen LogP contribution in [0.2, 0.25) is 15.1 Å². The second-order valence-electron chi connectivity index (χ2n) is 12.5. The maximum absolute atomic E-state index is 14.7. The molecule has 4 aromatic carbocycles. The van der Waals surface area contributed by atoms with Crippen LogP contribution in [0, 0.1) is 6.92 Å². The van der Waals surface area contributed by atoms with Gasteiger partial charge in [-0.05, 0) is 73.4 Å². The zero-order chi connectivity index (χ0) is 36.9. The normalized spacial score (nSPS) is 14.3. The van der Waals surface area contributed by atoms with Gasteiger partial charge in [-0.1, -0.05) is 102 Å². The standard InChI is InChI=1S/C37H35Cl3F3N3O4S/c1-24-11-15-29(16-12-24)51(49,50)46(28-14-18-31(38)30(21-28)37(41,42)43)23-35(47)45(22-26-13-17-32(39)33(40)19-26)34(20-25-7-3-2-4-8-25)36(48)44-27-9-5-6-10-27/h2-4,7-8,11-19,21,27,34H,5-6,9-10,20,22-23H2,1H3,(H,44,48)/t34-/m1/s1. The summed E-state index contributed by atoms with van der Waals surface area (Å²) in [5.74, 6) is -1.29. The number of rotatable bonds is 12. The molecule has 0 unspecified atom stereocenters. The summed E-state index contributed by atoms with van der Waals surface area (Å²) in [5, 5.41) is 2.88. The Balaban J connectivity index is 1.62. The monoisotopic (exact) mass is 779 g/mol. The lowest BCUT2D eigenvalue weighted by atomic mass is 10.0. The molecule has 14 heteroatoms. The predicted molar refractivity (Wildman–Crippen MR) is 194 cm³/mol. The fourth-order valence-corrected chi connectivity index (χ4v) is 7.96. The van der Waals surface area contributed by atoms with Crippen LogP contribution in [-0.4, -0.2) is 43.8 Å². The van der Waals surface area contributed by atoms with Gasteiger partial charge in [-0.15, -0.1) is 0 Å². The number of nitrogens with one attached hydrogen (secondary N) is 1. The van der Waals surface area contributed by atoms with Gasteiger partial charge in [-0.3, -0.25) is 13.9 Å². The van der Waals surface area contributed by atoms with E-state index in [4.69, 9.17) is 34.8 Å². The molecule has 1 saturated carbocycles. The smallest absolute Gasteiger partial charge is 0.352 e. The van der Waals surface area contributed by atoms with Crippen molar-refractivity contribution >= 4 is 62.3 Å². The van der Waals surface area contributed by atoms with Gasteiger partial charge in [0, 0.05) is 19.0 Å². The Morgan fingerprint density at radius 2 is 1.49 bits per heavy atom. The quantitative estimate of drug-likeness (QED) is 0.156. The first kappa shape index (κ1) is 38.5. The van der Waals surface area contributed by atoms with Gasteiger partial charge in [0.25, 0.3) is 10.0 Å². The molecular formula is C37H35Cl3F3N3O4S. The summed E-state index contributed by atoms with van der Waals surface area (Å²) < 4.78 is 71.2. The van der Waals surface area contributed by atoms with Crippen LogP contribution in [0.4, 0.5) is 18.9 Å². The molecule has 51 heavy (non-hydrogen) atoms. The molecule has 2 amide bonds. The number of nitrogens with zero attached hydrogens (tertiary/aromatic N) is 2. The van der Waals surface area contributed by atoms with E-state index in [0.29, 0.717) is 15.9 Å². The third-order valence-electron chi connectivity index (χ3n) is 8.74. The highest BCUT2D eigenvalue weighted by atomic mass is 35.5. The van der Waals surface area contributed by atoms with Gasteiger partial charge in [0.15, 0.2) is 0 Å². The lowest BCUT2D eigenvalue weighted by Crippen LogP contribution is -2.54. The van der Waals surface area contributed by atoms with Crippen molar-refractivity contribution in [3.63, 3.8) is 0 Å². The molecule has 1 fully saturated rings. The summed E-state index contributed by atoms with van der Waals surface area (Å²) >= 11 is 18.4. The average Bonchev–Trinajstić information content (AvgIpc) is 3.60. The number of hydrogen-bond acceptors (Lipinski definition) is 4. The highest BCUT2D eigenvalue weighted by molar-refractivity contribution is 7.92. The number of benzene rings is 4. The minimum Gasteiger partial charge on any atom is -0.352 e. The fraction of sp³-hybridized carbons (Fsp3) is 0.297. The Labute approximate surface area is 310 Å². The van der Waals surface area contributed by atoms with Crippen LogP contribution in [0.1, 0.15) is 47.9 Å². The van der Waals surface area contributed by atoms with Crippen molar-refractivity contribution < 1.29 is 31.2 Å². The Hall–Kier alpha value is -3.77. The Bertz CT molecular complexity index is 1970. The Morgan fingerprint density at radius 1 is 0.843 bits per heavy atom. The van der Waals surface area contributed by atoms with E-state index in [1.54, 1.807) is 37.3 Å². The number of sulfonamides is 1. The molecule has 0 spiro atoms. The third kappa shape index (κ3) is 9.57. The molecular weight excluding hydrogens is 746 g/mol. The second-order valence-corrected chi connectivity index (χ2v) is 15.5. The first-order chi connectivity index (χ1) is 24.1. The first-order valence-electron chi connectivity index (χ1n) is 16.2. The summed E-state index contributed by atoms with van der Waals surface area (Å²) in [5.41, 5.74) is 0.247. The molecule has 270 valence electrons. The number of carbonyl (C=O) groups is 2. The highest BCUT2D eigenvalue weighted by Gasteiger charge is 2.38. The Morgan fingerprint density at radius 3 is 2.12 bits per heavy atom. The van der Waals surface area contributed by atoms with E-state index in [1.807, 2.05) is 6.07 Å². The number of hydrogen-bond donors (Lipinski definition) is 1. The Kier molecular flexibility index (Phi) is 12.3. The molecule has 0 bridgehead atoms.